The normalized spacial score (nSPS) is 19.8. The van der Waals surface area contributed by atoms with Gasteiger partial charge in [0, 0.05) is 35.2 Å². The second-order valence-corrected chi connectivity index (χ2v) is 8.23. The van der Waals surface area contributed by atoms with Crippen molar-refractivity contribution in [3.05, 3.63) is 52.5 Å². The first-order valence-corrected chi connectivity index (χ1v) is 10.3. The monoisotopic (exact) mass is 419 g/mol. The lowest BCUT2D eigenvalue weighted by Crippen LogP contribution is -2.46. The number of aliphatic hydroxyl groups excluding tert-OH is 1. The van der Waals surface area contributed by atoms with Gasteiger partial charge in [0.1, 0.15) is 5.75 Å². The van der Waals surface area contributed by atoms with Gasteiger partial charge in [0.15, 0.2) is 11.5 Å². The minimum atomic E-state index is -0.174. The third kappa shape index (κ3) is 5.16. The number of benzene rings is 2. The number of ether oxygens (including phenoxy) is 3. The molecule has 1 saturated heterocycles. The maximum absolute atomic E-state index is 10.3. The third-order valence-electron chi connectivity index (χ3n) is 5.72. The maximum atomic E-state index is 10.3. The molecular weight excluding hydrogens is 390 g/mol. The van der Waals surface area contributed by atoms with Gasteiger partial charge < -0.3 is 19.3 Å². The summed E-state index contributed by atoms with van der Waals surface area (Å²) in [4.78, 5) is 2.38. The second kappa shape index (κ2) is 9.70. The Bertz CT molecular complexity index is 829. The van der Waals surface area contributed by atoms with E-state index in [4.69, 9.17) is 25.8 Å². The Morgan fingerprint density at radius 1 is 1.03 bits per heavy atom. The molecule has 3 rings (SSSR count). The van der Waals surface area contributed by atoms with Crippen molar-refractivity contribution < 1.29 is 19.3 Å². The van der Waals surface area contributed by atoms with Crippen molar-refractivity contribution in [2.24, 2.45) is 5.41 Å². The molecule has 0 saturated carbocycles. The number of rotatable bonds is 8. The molecule has 1 fully saturated rings. The Kier molecular flexibility index (Phi) is 7.28. The van der Waals surface area contributed by atoms with Gasteiger partial charge in [-0.05, 0) is 49.6 Å². The van der Waals surface area contributed by atoms with Gasteiger partial charge in [-0.2, -0.15) is 0 Å². The average Bonchev–Trinajstić information content (AvgIpc) is 2.73. The molecule has 0 aromatic heterocycles. The smallest absolute Gasteiger partial charge is 0.164 e. The van der Waals surface area contributed by atoms with Crippen molar-refractivity contribution in [3.8, 4) is 17.2 Å². The second-order valence-electron chi connectivity index (χ2n) is 7.80. The van der Waals surface area contributed by atoms with E-state index in [9.17, 15) is 5.11 Å². The number of piperidine rings is 1. The maximum Gasteiger partial charge on any atom is 0.164 e. The Labute approximate surface area is 178 Å². The van der Waals surface area contributed by atoms with Crippen molar-refractivity contribution in [1.29, 1.82) is 0 Å². The Hall–Kier alpha value is -1.95. The summed E-state index contributed by atoms with van der Waals surface area (Å²) in [6.45, 7) is 2.67. The average molecular weight is 420 g/mol. The lowest BCUT2D eigenvalue weighted by molar-refractivity contribution is 0.0285. The Balaban J connectivity index is 1.79. The van der Waals surface area contributed by atoms with Crippen LogP contribution in [0.25, 0.3) is 0 Å². The van der Waals surface area contributed by atoms with E-state index in [0.29, 0.717) is 11.5 Å². The number of halogens is 1. The summed E-state index contributed by atoms with van der Waals surface area (Å²) in [5, 5.41) is 11.0. The summed E-state index contributed by atoms with van der Waals surface area (Å²) in [7, 11) is 4.92. The first-order chi connectivity index (χ1) is 14.0. The molecule has 0 bridgehead atoms. The highest BCUT2D eigenvalue weighted by molar-refractivity contribution is 6.30. The van der Waals surface area contributed by atoms with E-state index in [1.165, 1.54) is 0 Å². The molecule has 1 heterocycles. The summed E-state index contributed by atoms with van der Waals surface area (Å²) in [6.07, 6.45) is 2.84. The molecule has 2 aromatic carbocycles. The fourth-order valence-corrected chi connectivity index (χ4v) is 4.52. The Morgan fingerprint density at radius 2 is 1.76 bits per heavy atom. The van der Waals surface area contributed by atoms with Crippen LogP contribution in [0.4, 0.5) is 0 Å². The molecule has 29 heavy (non-hydrogen) atoms. The highest BCUT2D eigenvalue weighted by Crippen LogP contribution is 2.38. The van der Waals surface area contributed by atoms with Crippen molar-refractivity contribution in [3.63, 3.8) is 0 Å². The van der Waals surface area contributed by atoms with Gasteiger partial charge in [-0.25, -0.2) is 0 Å². The van der Waals surface area contributed by atoms with Crippen LogP contribution in [0.15, 0.2) is 36.4 Å². The van der Waals surface area contributed by atoms with E-state index < -0.39 is 0 Å². The number of hydrogen-bond acceptors (Lipinski definition) is 5. The van der Waals surface area contributed by atoms with Crippen LogP contribution in [0.3, 0.4) is 0 Å². The van der Waals surface area contributed by atoms with Crippen LogP contribution in [0.5, 0.6) is 17.2 Å². The van der Waals surface area contributed by atoms with Crippen LogP contribution in [0.2, 0.25) is 5.02 Å². The minimum Gasteiger partial charge on any atom is -0.496 e. The van der Waals surface area contributed by atoms with Gasteiger partial charge in [-0.15, -0.1) is 0 Å². The predicted octanol–water partition coefficient (Wildman–Crippen LogP) is 4.18. The van der Waals surface area contributed by atoms with Gasteiger partial charge in [-0.1, -0.05) is 23.7 Å². The lowest BCUT2D eigenvalue weighted by atomic mass is 9.75. The van der Waals surface area contributed by atoms with E-state index in [1.54, 1.807) is 21.3 Å². The molecule has 6 heteroatoms. The van der Waals surface area contributed by atoms with Gasteiger partial charge in [-0.3, -0.25) is 4.90 Å². The number of methoxy groups -OCH3 is 3. The molecule has 1 atom stereocenters. The molecule has 0 radical (unpaired) electrons. The predicted molar refractivity (Wildman–Crippen MR) is 115 cm³/mol. The van der Waals surface area contributed by atoms with E-state index in [2.05, 4.69) is 11.0 Å². The van der Waals surface area contributed by atoms with Crippen molar-refractivity contribution in [1.82, 2.24) is 4.90 Å². The summed E-state index contributed by atoms with van der Waals surface area (Å²) in [5.41, 5.74) is 2.03. The van der Waals surface area contributed by atoms with Crippen LogP contribution in [-0.4, -0.2) is 51.0 Å². The molecule has 5 nitrogen and oxygen atoms in total. The summed E-state index contributed by atoms with van der Waals surface area (Å²) in [6, 6.07) is 11.8. The molecular formula is C23H30ClNO4. The highest BCUT2D eigenvalue weighted by atomic mass is 35.5. The first-order valence-electron chi connectivity index (χ1n) is 9.89. The molecule has 0 unspecified atom stereocenters. The van der Waals surface area contributed by atoms with Gasteiger partial charge in [0.05, 0.1) is 27.9 Å². The topological polar surface area (TPSA) is 51.2 Å². The summed E-state index contributed by atoms with van der Waals surface area (Å²) < 4.78 is 16.4. The zero-order valence-electron chi connectivity index (χ0n) is 17.4. The number of nitrogens with zero attached hydrogens (tertiary/aromatic N) is 1. The molecule has 158 valence electrons. The fraction of sp³-hybridized carbons (Fsp3) is 0.478. The number of likely N-dealkylation sites (tertiary alicyclic amines) is 1. The summed E-state index contributed by atoms with van der Waals surface area (Å²) >= 11 is 6.16. The van der Waals surface area contributed by atoms with Gasteiger partial charge in [0.2, 0.25) is 0 Å². The quantitative estimate of drug-likeness (QED) is 0.695. The third-order valence-corrected chi connectivity index (χ3v) is 5.96. The molecule has 1 aliphatic rings. The molecule has 1 aliphatic heterocycles. The van der Waals surface area contributed by atoms with Crippen LogP contribution >= 0.6 is 11.6 Å². The molecule has 2 aromatic rings. The summed E-state index contributed by atoms with van der Waals surface area (Å²) in [5.74, 6) is 2.11. The fourth-order valence-electron chi connectivity index (χ4n) is 4.31. The van der Waals surface area contributed by atoms with E-state index in [-0.39, 0.29) is 12.0 Å². The van der Waals surface area contributed by atoms with Crippen molar-refractivity contribution >= 4 is 11.6 Å². The standard InChI is InChI=1S/C23H30ClNO4/c1-27-20-12-22(29-3)21(28-2)11-18(20)14-25-9-5-8-23(15-25,16-26)13-17-6-4-7-19(24)10-17/h4,6-7,10-12,26H,5,8-9,13-16H2,1-3H3/t23-/m1/s1. The zero-order chi connectivity index (χ0) is 20.9. The Morgan fingerprint density at radius 3 is 2.41 bits per heavy atom. The van der Waals surface area contributed by atoms with E-state index >= 15 is 0 Å². The van der Waals surface area contributed by atoms with Crippen LogP contribution in [0, 0.1) is 5.41 Å². The van der Waals surface area contributed by atoms with Crippen molar-refractivity contribution in [2.45, 2.75) is 25.8 Å². The molecule has 0 aliphatic carbocycles. The van der Waals surface area contributed by atoms with E-state index in [1.807, 2.05) is 30.3 Å². The van der Waals surface area contributed by atoms with Gasteiger partial charge in [0.25, 0.3) is 0 Å². The van der Waals surface area contributed by atoms with Crippen LogP contribution < -0.4 is 14.2 Å². The van der Waals surface area contributed by atoms with Gasteiger partial charge >= 0.3 is 0 Å². The highest BCUT2D eigenvalue weighted by Gasteiger charge is 2.35. The number of hydrogen-bond donors (Lipinski definition) is 1. The van der Waals surface area contributed by atoms with E-state index in [0.717, 1.165) is 60.8 Å². The van der Waals surface area contributed by atoms with Crippen molar-refractivity contribution in [2.75, 3.05) is 41.0 Å². The first kappa shape index (κ1) is 21.8. The van der Waals surface area contributed by atoms with Crippen LogP contribution in [-0.2, 0) is 13.0 Å². The molecule has 0 amide bonds. The van der Waals surface area contributed by atoms with Crippen LogP contribution in [0.1, 0.15) is 24.0 Å². The largest absolute Gasteiger partial charge is 0.496 e. The SMILES string of the molecule is COc1cc(OC)c(OC)cc1CN1CCC[C@@](CO)(Cc2cccc(Cl)c2)C1. The minimum absolute atomic E-state index is 0.152. The number of aliphatic hydroxyl groups is 1. The lowest BCUT2D eigenvalue weighted by Gasteiger charge is -2.42. The zero-order valence-corrected chi connectivity index (χ0v) is 18.2. The molecule has 1 N–H and O–H groups in total. The molecule has 0 spiro atoms.